The number of hydrogen-bond donors (Lipinski definition) is 7. The molecular weight excluding hydrogens is 675 g/mol. The van der Waals surface area contributed by atoms with Crippen molar-refractivity contribution in [3.05, 3.63) is 106 Å². The van der Waals surface area contributed by atoms with Crippen LogP contribution < -0.4 is 16.0 Å². The van der Waals surface area contributed by atoms with Gasteiger partial charge < -0.3 is 36.4 Å². The fourth-order valence-electron chi connectivity index (χ4n) is 10.5. The van der Waals surface area contributed by atoms with Crippen molar-refractivity contribution in [2.75, 3.05) is 46.9 Å². The summed E-state index contributed by atoms with van der Waals surface area (Å²) in [4.78, 5) is 12.3. The van der Waals surface area contributed by atoms with E-state index < -0.39 is 17.1 Å². The smallest absolute Gasteiger partial charge is 0.145 e. The van der Waals surface area contributed by atoms with Crippen LogP contribution in [0.25, 0.3) is 0 Å². The van der Waals surface area contributed by atoms with Gasteiger partial charge in [0.1, 0.15) is 6.29 Å². The zero-order valence-electron chi connectivity index (χ0n) is 33.2. The Labute approximate surface area is 324 Å². The maximum absolute atomic E-state index is 12.8. The van der Waals surface area contributed by atoms with Gasteiger partial charge in [-0.15, -0.1) is 0 Å². The molecule has 9 atom stereocenters. The van der Waals surface area contributed by atoms with Gasteiger partial charge in [0.15, 0.2) is 0 Å². The molecule has 1 aromatic carbocycles. The molecule has 54 heavy (non-hydrogen) atoms. The maximum atomic E-state index is 12.8. The van der Waals surface area contributed by atoms with Crippen molar-refractivity contribution < 1.29 is 25.2 Å². The number of aliphatic hydroxyl groups is 4. The summed E-state index contributed by atoms with van der Waals surface area (Å²) >= 11 is 0. The number of allylic oxidation sites excluding steroid dienone is 9. The average Bonchev–Trinajstić information content (AvgIpc) is 3.51. The van der Waals surface area contributed by atoms with Gasteiger partial charge in [0, 0.05) is 36.4 Å². The number of benzene rings is 1. The fraction of sp³-hybridized carbons (Fsp3) is 0.587. The van der Waals surface area contributed by atoms with Gasteiger partial charge in [0.25, 0.3) is 0 Å². The highest BCUT2D eigenvalue weighted by Crippen LogP contribution is 2.67. The van der Waals surface area contributed by atoms with E-state index in [4.69, 9.17) is 0 Å². The third-order valence-electron chi connectivity index (χ3n) is 13.3. The summed E-state index contributed by atoms with van der Waals surface area (Å²) in [5.41, 5.74) is 5.17. The van der Waals surface area contributed by atoms with E-state index in [1.165, 1.54) is 16.7 Å². The van der Waals surface area contributed by atoms with Gasteiger partial charge in [-0.25, -0.2) is 0 Å². The molecule has 0 unspecified atom stereocenters. The number of carbonyl (C=O) groups excluding carboxylic acids is 1. The topological polar surface area (TPSA) is 134 Å². The summed E-state index contributed by atoms with van der Waals surface area (Å²) in [5, 5.41) is 56.5. The lowest BCUT2D eigenvalue weighted by Gasteiger charge is -2.61. The number of nitrogens with one attached hydrogen (secondary N) is 3. The van der Waals surface area contributed by atoms with Crippen molar-refractivity contribution in [3.8, 4) is 0 Å². The second-order valence-electron chi connectivity index (χ2n) is 16.6. The van der Waals surface area contributed by atoms with Crippen LogP contribution in [0.3, 0.4) is 0 Å². The standard InChI is InChI=1S/C46H67N3O5/c1-31-12-13-37(25-34-9-7-10-35(24-34)26-40(49-28-31)17-21-47-4)32(2)8-6-11-39(30-52)41-16-19-46(44(41)53)43-36(18-23-50)14-15-38(42(43)33(3)29-51)27-45(46,54)20-22-48-5/h6-12,14-15,24,29,36-38,40-41,43-44,47-50,52-54H,2,13,16-23,25-28,30H2,1,3-5H3/t36-,37+,38-,40-,41+,43+,44+,45+,46+/m0/s1. The van der Waals surface area contributed by atoms with Gasteiger partial charge in [0.2, 0.25) is 0 Å². The zero-order chi connectivity index (χ0) is 38.9. The summed E-state index contributed by atoms with van der Waals surface area (Å²) in [5.74, 6) is -0.715. The Hall–Kier alpha value is -2.95. The summed E-state index contributed by atoms with van der Waals surface area (Å²) in [6.07, 6.45) is 18.8. The molecule has 8 nitrogen and oxygen atoms in total. The molecule has 0 aromatic heterocycles. The van der Waals surface area contributed by atoms with Gasteiger partial charge >= 0.3 is 0 Å². The Balaban J connectivity index is 1.42. The molecule has 4 aliphatic rings. The molecule has 5 rings (SSSR count). The van der Waals surface area contributed by atoms with E-state index in [1.807, 2.05) is 39.2 Å². The van der Waals surface area contributed by atoms with Gasteiger partial charge in [-0.2, -0.15) is 0 Å². The van der Waals surface area contributed by atoms with Crippen LogP contribution in [-0.2, 0) is 17.6 Å². The van der Waals surface area contributed by atoms with Gasteiger partial charge in [-0.3, -0.25) is 4.79 Å². The van der Waals surface area contributed by atoms with Crippen molar-refractivity contribution in [2.45, 2.75) is 89.4 Å². The minimum Gasteiger partial charge on any atom is -0.396 e. The first-order chi connectivity index (χ1) is 26.0. The molecule has 0 radical (unpaired) electrons. The summed E-state index contributed by atoms with van der Waals surface area (Å²) < 4.78 is 0. The van der Waals surface area contributed by atoms with Crippen molar-refractivity contribution in [1.82, 2.24) is 16.0 Å². The first kappa shape index (κ1) is 42.2. The van der Waals surface area contributed by atoms with Gasteiger partial charge in [-0.1, -0.05) is 84.0 Å². The predicted octanol–water partition coefficient (Wildman–Crippen LogP) is 5.15. The van der Waals surface area contributed by atoms with Crippen molar-refractivity contribution in [2.24, 2.45) is 35.0 Å². The van der Waals surface area contributed by atoms with E-state index >= 15 is 0 Å². The Kier molecular flexibility index (Phi) is 15.1. The van der Waals surface area contributed by atoms with E-state index in [0.29, 0.717) is 50.3 Å². The van der Waals surface area contributed by atoms with Crippen LogP contribution >= 0.6 is 0 Å². The first-order valence-corrected chi connectivity index (χ1v) is 20.3. The second-order valence-corrected chi connectivity index (χ2v) is 16.6. The second kappa shape index (κ2) is 19.3. The van der Waals surface area contributed by atoms with Crippen molar-refractivity contribution >= 4 is 6.29 Å². The minimum atomic E-state index is -1.21. The Morgan fingerprint density at radius 1 is 1.09 bits per heavy atom. The summed E-state index contributed by atoms with van der Waals surface area (Å²) in [6.45, 7) is 10.7. The first-order valence-electron chi connectivity index (χ1n) is 20.3. The molecule has 1 heterocycles. The molecule has 1 aromatic rings. The molecule has 7 N–H and O–H groups in total. The summed E-state index contributed by atoms with van der Waals surface area (Å²) in [7, 11) is 3.87. The number of aldehydes is 1. The Morgan fingerprint density at radius 3 is 2.56 bits per heavy atom. The molecule has 3 aliphatic carbocycles. The number of rotatable bonds is 14. The van der Waals surface area contributed by atoms with Crippen LogP contribution in [0, 0.1) is 35.0 Å². The summed E-state index contributed by atoms with van der Waals surface area (Å²) in [6, 6.07) is 9.35. The number of carbonyl (C=O) groups is 1. The quantitative estimate of drug-likeness (QED) is 0.0603. The van der Waals surface area contributed by atoms with Crippen molar-refractivity contribution in [1.29, 1.82) is 0 Å². The molecule has 2 fully saturated rings. The fourth-order valence-corrected chi connectivity index (χ4v) is 10.5. The van der Waals surface area contributed by atoms with Gasteiger partial charge in [0.05, 0.1) is 18.3 Å². The third kappa shape index (κ3) is 9.02. The average molecular weight is 742 g/mol. The molecule has 1 aliphatic heterocycles. The minimum absolute atomic E-state index is 0.0271. The normalized spacial score (nSPS) is 34.0. The predicted molar refractivity (Wildman–Crippen MR) is 219 cm³/mol. The van der Waals surface area contributed by atoms with Crippen LogP contribution in [-0.4, -0.2) is 91.4 Å². The van der Waals surface area contributed by atoms with E-state index in [1.54, 1.807) is 0 Å². The highest BCUT2D eigenvalue weighted by atomic mass is 16.3. The third-order valence-corrected chi connectivity index (χ3v) is 13.3. The monoisotopic (exact) mass is 742 g/mol. The number of hydrogen-bond acceptors (Lipinski definition) is 8. The van der Waals surface area contributed by atoms with E-state index in [0.717, 1.165) is 61.8 Å². The van der Waals surface area contributed by atoms with Crippen LogP contribution in [0.2, 0.25) is 0 Å². The van der Waals surface area contributed by atoms with Crippen LogP contribution in [0.1, 0.15) is 69.9 Å². The Morgan fingerprint density at radius 2 is 1.85 bits per heavy atom. The molecule has 2 saturated carbocycles. The SMILES string of the molecule is C=C(C=CC=C(CO)[C@H]1CC[C@]2([C@@H]1O)[C@H]1C(=C(C)C=O)[C@@H](C=C[C@H]1CCO)C[C@]2(O)CCNC)[C@@H]1CC=C(C)CN[C@@H](CCNC)Cc2cccc(c2)C1. The van der Waals surface area contributed by atoms with Crippen LogP contribution in [0.4, 0.5) is 0 Å². The lowest BCUT2D eigenvalue weighted by molar-refractivity contribution is -0.194. The van der Waals surface area contributed by atoms with E-state index in [-0.39, 0.29) is 42.8 Å². The highest BCUT2D eigenvalue weighted by Gasteiger charge is 2.68. The van der Waals surface area contributed by atoms with Gasteiger partial charge in [-0.05, 0) is 139 Å². The lowest BCUT2D eigenvalue weighted by atomic mass is 9.45. The molecular formula is C46H67N3O5. The molecule has 4 bridgehead atoms. The van der Waals surface area contributed by atoms with Crippen LogP contribution in [0.15, 0.2) is 95.2 Å². The van der Waals surface area contributed by atoms with Crippen molar-refractivity contribution in [3.63, 3.8) is 0 Å². The zero-order valence-corrected chi connectivity index (χ0v) is 33.2. The number of aliphatic hydroxyl groups excluding tert-OH is 3. The molecule has 8 heteroatoms. The van der Waals surface area contributed by atoms with E-state index in [9.17, 15) is 25.2 Å². The molecule has 296 valence electrons. The lowest BCUT2D eigenvalue weighted by Crippen LogP contribution is -2.65. The highest BCUT2D eigenvalue weighted by molar-refractivity contribution is 5.74. The van der Waals surface area contributed by atoms with Crippen LogP contribution in [0.5, 0.6) is 0 Å². The molecule has 0 amide bonds. The Bertz CT molecular complexity index is 1610. The maximum Gasteiger partial charge on any atom is 0.145 e. The largest absolute Gasteiger partial charge is 0.396 e. The van der Waals surface area contributed by atoms with E-state index in [2.05, 4.69) is 71.9 Å². The molecule has 0 saturated heterocycles. The molecule has 1 spiro atoms. The number of fused-ring (bicyclic) bond motifs is 5.